The van der Waals surface area contributed by atoms with Gasteiger partial charge in [0.1, 0.15) is 30.5 Å². The van der Waals surface area contributed by atoms with Gasteiger partial charge in [0, 0.05) is 0 Å². The molecule has 1 amide bonds. The number of nitrogens with one attached hydrogen (secondary N) is 1. The number of allylic oxidation sites excluding steroid dienone is 5. The zero-order valence-corrected chi connectivity index (χ0v) is 36.9. The molecule has 0 spiro atoms. The molecule has 8 atom stereocenters. The fourth-order valence-electron chi connectivity index (χ4n) is 7.37. The van der Waals surface area contributed by atoms with E-state index < -0.39 is 61.5 Å². The zero-order valence-electron chi connectivity index (χ0n) is 36.9. The Morgan fingerprint density at radius 3 is 1.50 bits per heavy atom. The maximum absolute atomic E-state index is 13.0. The molecule has 0 radical (unpaired) electrons. The minimum absolute atomic E-state index is 0.304. The van der Waals surface area contributed by atoms with Crippen LogP contribution in [0.15, 0.2) is 36.5 Å². The number of unbranched alkanes of at least 4 members (excludes halogenated alkanes) is 24. The van der Waals surface area contributed by atoms with Crippen LogP contribution in [-0.2, 0) is 14.3 Å². The molecule has 10 nitrogen and oxygen atoms in total. The number of carbonyl (C=O) groups excluding carboxylic acids is 1. The Hall–Kier alpha value is -1.63. The SMILES string of the molecule is CCCCCCC/C=C/CC/C=C/CC/C=C/C(O)C(COC1OC(CO)C(O)C(O)C1O)NC(=O)C(O)CCCCCCCCCCCCCCCCCCCC. The molecule has 0 bridgehead atoms. The minimum atomic E-state index is -1.62. The van der Waals surface area contributed by atoms with Crippen LogP contribution >= 0.6 is 0 Å². The first-order chi connectivity index (χ1) is 28.3. The first-order valence-corrected chi connectivity index (χ1v) is 23.8. The Balaban J connectivity index is 2.42. The molecule has 0 aromatic carbocycles. The lowest BCUT2D eigenvalue weighted by atomic mass is 9.99. The number of carbonyl (C=O) groups is 1. The summed E-state index contributed by atoms with van der Waals surface area (Å²) in [6.07, 6.45) is 36.6. The van der Waals surface area contributed by atoms with Crippen LogP contribution < -0.4 is 5.32 Å². The molecule has 58 heavy (non-hydrogen) atoms. The largest absolute Gasteiger partial charge is 0.394 e. The molecule has 1 aliphatic heterocycles. The summed E-state index contributed by atoms with van der Waals surface area (Å²) >= 11 is 0. The summed E-state index contributed by atoms with van der Waals surface area (Å²) in [7, 11) is 0. The van der Waals surface area contributed by atoms with Gasteiger partial charge in [-0.2, -0.15) is 0 Å². The van der Waals surface area contributed by atoms with Crippen LogP contribution in [0.1, 0.15) is 200 Å². The highest BCUT2D eigenvalue weighted by Gasteiger charge is 2.44. The van der Waals surface area contributed by atoms with Crippen molar-refractivity contribution in [1.82, 2.24) is 5.32 Å². The number of aliphatic hydroxyl groups is 6. The van der Waals surface area contributed by atoms with E-state index in [0.29, 0.717) is 19.3 Å². The van der Waals surface area contributed by atoms with E-state index in [1.54, 1.807) is 6.08 Å². The molecule has 0 saturated carbocycles. The van der Waals surface area contributed by atoms with E-state index in [-0.39, 0.29) is 6.61 Å². The minimum Gasteiger partial charge on any atom is -0.394 e. The molecule has 10 heteroatoms. The molecule has 340 valence electrons. The van der Waals surface area contributed by atoms with E-state index in [0.717, 1.165) is 44.9 Å². The van der Waals surface area contributed by atoms with Crippen LogP contribution in [0.5, 0.6) is 0 Å². The molecule has 1 heterocycles. The van der Waals surface area contributed by atoms with E-state index in [1.165, 1.54) is 122 Å². The van der Waals surface area contributed by atoms with Crippen molar-refractivity contribution in [1.29, 1.82) is 0 Å². The number of rotatable bonds is 39. The molecule has 1 fully saturated rings. The van der Waals surface area contributed by atoms with Gasteiger partial charge >= 0.3 is 0 Å². The molecule has 1 aliphatic rings. The molecule has 1 rings (SSSR count). The maximum Gasteiger partial charge on any atom is 0.249 e. The van der Waals surface area contributed by atoms with Crippen molar-refractivity contribution in [2.75, 3.05) is 13.2 Å². The maximum atomic E-state index is 13.0. The summed E-state index contributed by atoms with van der Waals surface area (Å²) in [5.74, 6) is -0.629. The Morgan fingerprint density at radius 2 is 1.02 bits per heavy atom. The van der Waals surface area contributed by atoms with Gasteiger partial charge in [0.25, 0.3) is 0 Å². The first-order valence-electron chi connectivity index (χ1n) is 23.8. The van der Waals surface area contributed by atoms with E-state index in [9.17, 15) is 35.4 Å². The van der Waals surface area contributed by atoms with Gasteiger partial charge in [-0.3, -0.25) is 4.79 Å². The third kappa shape index (κ3) is 28.0. The lowest BCUT2D eigenvalue weighted by Gasteiger charge is -2.40. The lowest BCUT2D eigenvalue weighted by molar-refractivity contribution is -0.302. The van der Waals surface area contributed by atoms with Gasteiger partial charge in [0.15, 0.2) is 6.29 Å². The van der Waals surface area contributed by atoms with Crippen LogP contribution in [0, 0.1) is 0 Å². The van der Waals surface area contributed by atoms with E-state index >= 15 is 0 Å². The molecule has 8 unspecified atom stereocenters. The monoisotopic (exact) mass is 824 g/mol. The topological polar surface area (TPSA) is 169 Å². The number of aliphatic hydroxyl groups excluding tert-OH is 6. The molecular weight excluding hydrogens is 735 g/mol. The van der Waals surface area contributed by atoms with Gasteiger partial charge in [-0.1, -0.05) is 192 Å². The van der Waals surface area contributed by atoms with Crippen molar-refractivity contribution in [3.8, 4) is 0 Å². The molecule has 1 saturated heterocycles. The van der Waals surface area contributed by atoms with Gasteiger partial charge in [-0.15, -0.1) is 0 Å². The van der Waals surface area contributed by atoms with Gasteiger partial charge in [-0.25, -0.2) is 0 Å². The van der Waals surface area contributed by atoms with Crippen molar-refractivity contribution in [2.45, 2.75) is 249 Å². The third-order valence-electron chi connectivity index (χ3n) is 11.3. The van der Waals surface area contributed by atoms with Crippen LogP contribution in [0.2, 0.25) is 0 Å². The molecule has 0 aliphatic carbocycles. The summed E-state index contributed by atoms with van der Waals surface area (Å²) in [5.41, 5.74) is 0. The number of hydrogen-bond acceptors (Lipinski definition) is 9. The fraction of sp³-hybridized carbons (Fsp3) is 0.854. The van der Waals surface area contributed by atoms with Crippen LogP contribution in [0.4, 0.5) is 0 Å². The van der Waals surface area contributed by atoms with Gasteiger partial charge in [0.2, 0.25) is 5.91 Å². The standard InChI is InChI=1S/C48H89NO9/c1-3-5-7-9-11-13-15-17-19-20-21-23-25-27-29-31-33-35-37-42(52)47(56)49-40(39-57-48-46(55)45(54)44(53)43(38-50)58-48)41(51)36-34-32-30-28-26-24-22-18-16-14-12-10-8-6-4-2/h16,18,26,28,34,36,40-46,48,50-55H,3-15,17,19-25,27,29-33,35,37-39H2,1-2H3,(H,49,56)/b18-16+,28-26+,36-34+. The quantitative estimate of drug-likeness (QED) is 0.0236. The Kier molecular flexibility index (Phi) is 35.9. The van der Waals surface area contributed by atoms with E-state index in [4.69, 9.17) is 9.47 Å². The first kappa shape index (κ1) is 54.4. The third-order valence-corrected chi connectivity index (χ3v) is 11.3. The lowest BCUT2D eigenvalue weighted by Crippen LogP contribution is -2.60. The second-order valence-corrected chi connectivity index (χ2v) is 16.7. The number of amides is 1. The fourth-order valence-corrected chi connectivity index (χ4v) is 7.37. The van der Waals surface area contributed by atoms with E-state index in [2.05, 4.69) is 43.5 Å². The summed E-state index contributed by atoms with van der Waals surface area (Å²) in [6, 6.07) is -1.000. The molecule has 0 aromatic heterocycles. The second-order valence-electron chi connectivity index (χ2n) is 16.7. The molecular formula is C48H89NO9. The number of hydrogen-bond donors (Lipinski definition) is 7. The van der Waals surface area contributed by atoms with Crippen molar-refractivity contribution in [3.63, 3.8) is 0 Å². The van der Waals surface area contributed by atoms with Crippen LogP contribution in [0.3, 0.4) is 0 Å². The van der Waals surface area contributed by atoms with Crippen molar-refractivity contribution in [3.05, 3.63) is 36.5 Å². The van der Waals surface area contributed by atoms with E-state index in [1.807, 2.05) is 6.08 Å². The molecule has 0 aromatic rings. The normalized spacial score (nSPS) is 21.7. The van der Waals surface area contributed by atoms with Crippen molar-refractivity contribution < 1.29 is 44.9 Å². The van der Waals surface area contributed by atoms with Crippen LogP contribution in [-0.4, -0.2) is 98.7 Å². The Morgan fingerprint density at radius 1 is 0.586 bits per heavy atom. The predicted molar refractivity (Wildman–Crippen MR) is 236 cm³/mol. The molecule has 7 N–H and O–H groups in total. The highest BCUT2D eigenvalue weighted by molar-refractivity contribution is 5.80. The zero-order chi connectivity index (χ0) is 42.5. The van der Waals surface area contributed by atoms with Gasteiger partial charge in [-0.05, 0) is 44.9 Å². The van der Waals surface area contributed by atoms with Crippen LogP contribution in [0.25, 0.3) is 0 Å². The smallest absolute Gasteiger partial charge is 0.249 e. The van der Waals surface area contributed by atoms with Crippen molar-refractivity contribution in [2.24, 2.45) is 0 Å². The summed E-state index contributed by atoms with van der Waals surface area (Å²) in [6.45, 7) is 3.57. The highest BCUT2D eigenvalue weighted by Crippen LogP contribution is 2.23. The van der Waals surface area contributed by atoms with Gasteiger partial charge in [0.05, 0.1) is 25.4 Å². The average molecular weight is 824 g/mol. The summed E-state index contributed by atoms with van der Waals surface area (Å²) in [5, 5.41) is 64.6. The highest BCUT2D eigenvalue weighted by atomic mass is 16.7. The Labute approximate surface area is 354 Å². The predicted octanol–water partition coefficient (Wildman–Crippen LogP) is 9.03. The van der Waals surface area contributed by atoms with Crippen molar-refractivity contribution >= 4 is 5.91 Å². The number of ether oxygens (including phenoxy) is 2. The van der Waals surface area contributed by atoms with Gasteiger partial charge < -0.3 is 45.4 Å². The summed E-state index contributed by atoms with van der Waals surface area (Å²) in [4.78, 5) is 13.0. The Bertz CT molecular complexity index is 1020. The average Bonchev–Trinajstić information content (AvgIpc) is 3.22. The summed E-state index contributed by atoms with van der Waals surface area (Å²) < 4.78 is 11.1. The second kappa shape index (κ2) is 38.3.